The Morgan fingerprint density at radius 1 is 1.19 bits per heavy atom. The second-order valence-corrected chi connectivity index (χ2v) is 7.63. The van der Waals surface area contributed by atoms with Crippen LogP contribution >= 0.6 is 11.6 Å². The second-order valence-electron chi connectivity index (χ2n) is 7.22. The first-order valence-electron chi connectivity index (χ1n) is 10.1. The molecule has 166 valence electrons. The molecule has 2 amide bonds. The minimum atomic E-state index is -0.246. The van der Waals surface area contributed by atoms with Gasteiger partial charge in [-0.05, 0) is 62.2 Å². The summed E-state index contributed by atoms with van der Waals surface area (Å²) < 4.78 is 10.8. The molecule has 7 heteroatoms. The molecule has 0 aliphatic heterocycles. The van der Waals surface area contributed by atoms with Crippen LogP contribution < -0.4 is 14.8 Å². The summed E-state index contributed by atoms with van der Waals surface area (Å²) in [5, 5.41) is 3.23. The first-order chi connectivity index (χ1) is 14.8. The van der Waals surface area contributed by atoms with Crippen molar-refractivity contribution < 1.29 is 19.1 Å². The van der Waals surface area contributed by atoms with Crippen LogP contribution in [0.2, 0.25) is 5.02 Å². The van der Waals surface area contributed by atoms with E-state index < -0.39 is 0 Å². The number of nitrogens with zero attached hydrogens (tertiary/aromatic N) is 1. The minimum Gasteiger partial charge on any atom is -0.491 e. The molecule has 0 saturated heterocycles. The summed E-state index contributed by atoms with van der Waals surface area (Å²) in [5.41, 5.74) is 2.24. The number of hydrogen-bond donors (Lipinski definition) is 1. The number of ether oxygens (including phenoxy) is 2. The highest BCUT2D eigenvalue weighted by Gasteiger charge is 2.14. The van der Waals surface area contributed by atoms with E-state index in [1.54, 1.807) is 42.3 Å². The molecule has 0 aliphatic carbocycles. The van der Waals surface area contributed by atoms with Gasteiger partial charge in [0, 0.05) is 31.3 Å². The van der Waals surface area contributed by atoms with Crippen LogP contribution in [0.1, 0.15) is 42.3 Å². The van der Waals surface area contributed by atoms with Gasteiger partial charge < -0.3 is 19.7 Å². The van der Waals surface area contributed by atoms with E-state index in [1.165, 1.54) is 13.2 Å². The average molecular weight is 445 g/mol. The third-order valence-corrected chi connectivity index (χ3v) is 5.01. The van der Waals surface area contributed by atoms with Gasteiger partial charge in [0.2, 0.25) is 5.91 Å². The summed E-state index contributed by atoms with van der Waals surface area (Å²) in [7, 11) is 3.30. The van der Waals surface area contributed by atoms with Crippen molar-refractivity contribution in [3.8, 4) is 11.5 Å². The fourth-order valence-electron chi connectivity index (χ4n) is 2.77. The number of hydrogen-bond acceptors (Lipinski definition) is 4. The molecule has 0 heterocycles. The van der Waals surface area contributed by atoms with Gasteiger partial charge in [0.15, 0.2) is 11.5 Å². The zero-order chi connectivity index (χ0) is 23.0. The van der Waals surface area contributed by atoms with E-state index in [1.807, 2.05) is 32.9 Å². The Balaban J connectivity index is 1.98. The summed E-state index contributed by atoms with van der Waals surface area (Å²) >= 11 is 6.23. The third kappa shape index (κ3) is 6.76. The lowest BCUT2D eigenvalue weighted by atomic mass is 10.1. The van der Waals surface area contributed by atoms with Gasteiger partial charge in [0.05, 0.1) is 18.7 Å². The Hall–Kier alpha value is -2.99. The standard InChI is InChI=1S/C24H29ClN2O4/c1-6-31-21-14-18(13-20(25)23(21)30-5)9-12-22(28)26-15-17-7-10-19(11-8-17)24(29)27(4)16(2)3/h7-14,16H,6,15H2,1-5H3,(H,26,28)/b12-9+. The van der Waals surface area contributed by atoms with Gasteiger partial charge in [-0.2, -0.15) is 0 Å². The summed E-state index contributed by atoms with van der Waals surface area (Å²) in [6.07, 6.45) is 3.09. The van der Waals surface area contributed by atoms with Crippen molar-refractivity contribution in [2.75, 3.05) is 20.8 Å². The Morgan fingerprint density at radius 2 is 1.87 bits per heavy atom. The van der Waals surface area contributed by atoms with Gasteiger partial charge in [0.25, 0.3) is 5.91 Å². The summed E-state index contributed by atoms with van der Waals surface area (Å²) in [4.78, 5) is 26.2. The highest BCUT2D eigenvalue weighted by Crippen LogP contribution is 2.36. The molecule has 0 spiro atoms. The Morgan fingerprint density at radius 3 is 2.45 bits per heavy atom. The molecular weight excluding hydrogens is 416 g/mol. The molecule has 0 unspecified atom stereocenters. The zero-order valence-corrected chi connectivity index (χ0v) is 19.3. The predicted molar refractivity (Wildman–Crippen MR) is 124 cm³/mol. The molecule has 0 fully saturated rings. The first-order valence-corrected chi connectivity index (χ1v) is 10.5. The maximum absolute atomic E-state index is 12.3. The molecule has 6 nitrogen and oxygen atoms in total. The van der Waals surface area contributed by atoms with Gasteiger partial charge in [-0.3, -0.25) is 9.59 Å². The number of halogens is 1. The van der Waals surface area contributed by atoms with E-state index >= 15 is 0 Å². The maximum atomic E-state index is 12.3. The number of amides is 2. The second kappa shape index (κ2) is 11.4. The third-order valence-electron chi connectivity index (χ3n) is 4.73. The van der Waals surface area contributed by atoms with E-state index in [4.69, 9.17) is 21.1 Å². The van der Waals surface area contributed by atoms with Crippen molar-refractivity contribution in [3.05, 3.63) is 64.2 Å². The van der Waals surface area contributed by atoms with Crippen LogP contribution in [-0.4, -0.2) is 43.5 Å². The molecule has 0 radical (unpaired) electrons. The van der Waals surface area contributed by atoms with Gasteiger partial charge in [0.1, 0.15) is 0 Å². The smallest absolute Gasteiger partial charge is 0.253 e. The number of nitrogens with one attached hydrogen (secondary N) is 1. The van der Waals surface area contributed by atoms with Gasteiger partial charge in [-0.1, -0.05) is 23.7 Å². The van der Waals surface area contributed by atoms with Crippen molar-refractivity contribution in [1.82, 2.24) is 10.2 Å². The Bertz CT molecular complexity index is 939. The quantitative estimate of drug-likeness (QED) is 0.576. The topological polar surface area (TPSA) is 67.9 Å². The molecule has 31 heavy (non-hydrogen) atoms. The Kier molecular flexibility index (Phi) is 8.94. The molecule has 0 aliphatic rings. The molecule has 2 rings (SSSR count). The van der Waals surface area contributed by atoms with Crippen LogP contribution in [0, 0.1) is 0 Å². The van der Waals surface area contributed by atoms with Crippen molar-refractivity contribution in [2.24, 2.45) is 0 Å². The SMILES string of the molecule is CCOc1cc(/C=C/C(=O)NCc2ccc(C(=O)N(C)C(C)C)cc2)cc(Cl)c1OC. The zero-order valence-electron chi connectivity index (χ0n) is 18.6. The van der Waals surface area contributed by atoms with Gasteiger partial charge >= 0.3 is 0 Å². The van der Waals surface area contributed by atoms with E-state index in [9.17, 15) is 9.59 Å². The molecule has 0 bridgehead atoms. The highest BCUT2D eigenvalue weighted by molar-refractivity contribution is 6.32. The maximum Gasteiger partial charge on any atom is 0.253 e. The molecule has 0 aromatic heterocycles. The largest absolute Gasteiger partial charge is 0.491 e. The van der Waals surface area contributed by atoms with Crippen molar-refractivity contribution in [1.29, 1.82) is 0 Å². The number of benzene rings is 2. The number of carbonyl (C=O) groups is 2. The van der Waals surface area contributed by atoms with Crippen LogP contribution in [0.25, 0.3) is 6.08 Å². The van der Waals surface area contributed by atoms with Gasteiger partial charge in [-0.15, -0.1) is 0 Å². The molecular formula is C24H29ClN2O4. The van der Waals surface area contributed by atoms with E-state index in [0.717, 1.165) is 11.1 Å². The average Bonchev–Trinajstić information content (AvgIpc) is 2.75. The highest BCUT2D eigenvalue weighted by atomic mass is 35.5. The number of rotatable bonds is 9. The normalized spacial score (nSPS) is 10.9. The van der Waals surface area contributed by atoms with Crippen LogP contribution in [0.5, 0.6) is 11.5 Å². The molecule has 0 atom stereocenters. The van der Waals surface area contributed by atoms with E-state index in [0.29, 0.717) is 35.2 Å². The van der Waals surface area contributed by atoms with Crippen LogP contribution in [0.15, 0.2) is 42.5 Å². The fourth-order valence-corrected chi connectivity index (χ4v) is 3.06. The van der Waals surface area contributed by atoms with Crippen molar-refractivity contribution in [3.63, 3.8) is 0 Å². The fraction of sp³-hybridized carbons (Fsp3) is 0.333. The van der Waals surface area contributed by atoms with Crippen LogP contribution in [0.4, 0.5) is 0 Å². The van der Waals surface area contributed by atoms with Crippen molar-refractivity contribution in [2.45, 2.75) is 33.4 Å². The summed E-state index contributed by atoms with van der Waals surface area (Å²) in [6, 6.07) is 10.8. The Labute approximate surface area is 188 Å². The predicted octanol–water partition coefficient (Wildman–Crippen LogP) is 4.56. The van der Waals surface area contributed by atoms with E-state index in [2.05, 4.69) is 5.32 Å². The lowest BCUT2D eigenvalue weighted by Crippen LogP contribution is -2.32. The first kappa shape index (κ1) is 24.3. The lowest BCUT2D eigenvalue weighted by Gasteiger charge is -2.21. The monoisotopic (exact) mass is 444 g/mol. The molecule has 2 aromatic carbocycles. The van der Waals surface area contributed by atoms with Gasteiger partial charge in [-0.25, -0.2) is 0 Å². The van der Waals surface area contributed by atoms with Crippen LogP contribution in [0.3, 0.4) is 0 Å². The summed E-state index contributed by atoms with van der Waals surface area (Å²) in [5.74, 6) is 0.713. The number of carbonyl (C=O) groups excluding carboxylic acids is 2. The summed E-state index contributed by atoms with van der Waals surface area (Å²) in [6.45, 7) is 6.62. The number of methoxy groups -OCH3 is 1. The molecule has 2 aromatic rings. The van der Waals surface area contributed by atoms with E-state index in [-0.39, 0.29) is 17.9 Å². The minimum absolute atomic E-state index is 0.0295. The molecule has 1 N–H and O–H groups in total. The lowest BCUT2D eigenvalue weighted by molar-refractivity contribution is -0.116. The molecule has 0 saturated carbocycles. The van der Waals surface area contributed by atoms with Crippen molar-refractivity contribution >= 4 is 29.5 Å². The van der Waals surface area contributed by atoms with Crippen LogP contribution in [-0.2, 0) is 11.3 Å².